The first-order valence-electron chi connectivity index (χ1n) is 10.1. The average Bonchev–Trinajstić information content (AvgIpc) is 3.16. The fraction of sp³-hybridized carbons (Fsp3) is 0.273. The predicted octanol–water partition coefficient (Wildman–Crippen LogP) is 4.31. The maximum absolute atomic E-state index is 12.2. The van der Waals surface area contributed by atoms with E-state index >= 15 is 0 Å². The number of aromatic nitrogens is 3. The van der Waals surface area contributed by atoms with Crippen molar-refractivity contribution in [2.24, 2.45) is 0 Å². The summed E-state index contributed by atoms with van der Waals surface area (Å²) >= 11 is 7.57. The van der Waals surface area contributed by atoms with Crippen LogP contribution in [-0.4, -0.2) is 45.1 Å². The molecule has 0 unspecified atom stereocenters. The molecule has 0 aliphatic carbocycles. The van der Waals surface area contributed by atoms with Crippen LogP contribution in [0.4, 0.5) is 4.79 Å². The van der Waals surface area contributed by atoms with E-state index in [0.29, 0.717) is 28.2 Å². The third-order valence-electron chi connectivity index (χ3n) is 4.16. The molecule has 8 nitrogen and oxygen atoms in total. The zero-order chi connectivity index (χ0) is 23.1. The van der Waals surface area contributed by atoms with Crippen LogP contribution in [0.15, 0.2) is 53.7 Å². The van der Waals surface area contributed by atoms with Gasteiger partial charge in [0, 0.05) is 17.3 Å². The summed E-state index contributed by atoms with van der Waals surface area (Å²) < 4.78 is 7.35. The summed E-state index contributed by atoms with van der Waals surface area (Å²) in [6, 6.07) is 14.2. The molecule has 0 atom stereocenters. The van der Waals surface area contributed by atoms with Crippen molar-refractivity contribution in [3.05, 3.63) is 53.6 Å². The van der Waals surface area contributed by atoms with E-state index in [1.165, 1.54) is 11.8 Å². The molecule has 0 aliphatic rings. The van der Waals surface area contributed by atoms with E-state index in [0.717, 1.165) is 11.4 Å². The van der Waals surface area contributed by atoms with Gasteiger partial charge in [0.15, 0.2) is 11.0 Å². The lowest BCUT2D eigenvalue weighted by Gasteiger charge is -2.12. The molecule has 3 rings (SSSR count). The number of urea groups is 1. The first-order chi connectivity index (χ1) is 15.4. The molecule has 2 aromatic carbocycles. The smallest absolute Gasteiger partial charge is 0.321 e. The minimum Gasteiger partial charge on any atom is -0.494 e. The minimum atomic E-state index is -0.532. The van der Waals surface area contributed by atoms with Gasteiger partial charge in [-0.1, -0.05) is 35.5 Å². The highest BCUT2D eigenvalue weighted by atomic mass is 35.5. The minimum absolute atomic E-state index is 0.0107. The van der Waals surface area contributed by atoms with Gasteiger partial charge in [-0.2, -0.15) is 0 Å². The summed E-state index contributed by atoms with van der Waals surface area (Å²) in [6.07, 6.45) is 0. The number of hydrogen-bond acceptors (Lipinski definition) is 6. The molecule has 2 N–H and O–H groups in total. The monoisotopic (exact) mass is 473 g/mol. The van der Waals surface area contributed by atoms with E-state index in [4.69, 9.17) is 16.3 Å². The Balaban J connectivity index is 1.88. The standard InChI is InChI=1S/C22H24ClN5O3S/c1-4-31-16-11-9-15(10-12-16)28-20(17-7-5-6-8-18(17)23)26-27-22(28)32-13-19(29)25-21(30)24-14(2)3/h5-12,14H,4,13H2,1-3H3,(H2,24,25,29,30). The van der Waals surface area contributed by atoms with Gasteiger partial charge >= 0.3 is 6.03 Å². The Morgan fingerprint density at radius 3 is 2.50 bits per heavy atom. The van der Waals surface area contributed by atoms with Crippen LogP contribution in [0.2, 0.25) is 5.02 Å². The van der Waals surface area contributed by atoms with E-state index in [-0.39, 0.29) is 11.8 Å². The van der Waals surface area contributed by atoms with Crippen LogP contribution in [0, 0.1) is 0 Å². The Hall–Kier alpha value is -3.04. The van der Waals surface area contributed by atoms with E-state index in [1.54, 1.807) is 6.07 Å². The van der Waals surface area contributed by atoms with Crippen molar-refractivity contribution in [1.29, 1.82) is 0 Å². The maximum atomic E-state index is 12.2. The Kier molecular flexibility index (Phi) is 8.13. The van der Waals surface area contributed by atoms with Crippen molar-refractivity contribution in [2.45, 2.75) is 32.0 Å². The molecule has 3 aromatic rings. The molecule has 10 heteroatoms. The second-order valence-corrected chi connectivity index (χ2v) is 8.36. The van der Waals surface area contributed by atoms with Crippen molar-refractivity contribution in [3.8, 4) is 22.8 Å². The van der Waals surface area contributed by atoms with Crippen LogP contribution in [-0.2, 0) is 4.79 Å². The summed E-state index contributed by atoms with van der Waals surface area (Å²) in [4.78, 5) is 24.0. The molecule has 0 bridgehead atoms. The quantitative estimate of drug-likeness (QED) is 0.473. The molecule has 32 heavy (non-hydrogen) atoms. The number of imide groups is 1. The highest BCUT2D eigenvalue weighted by Gasteiger charge is 2.19. The van der Waals surface area contributed by atoms with Crippen LogP contribution in [0.25, 0.3) is 17.1 Å². The second kappa shape index (κ2) is 11.0. The molecule has 3 amide bonds. The summed E-state index contributed by atoms with van der Waals surface area (Å²) in [5.41, 5.74) is 1.50. The Labute approximate surface area is 195 Å². The van der Waals surface area contributed by atoms with Crippen LogP contribution < -0.4 is 15.4 Å². The lowest BCUT2D eigenvalue weighted by atomic mass is 10.2. The SMILES string of the molecule is CCOc1ccc(-n2c(SCC(=O)NC(=O)NC(C)C)nnc2-c2ccccc2Cl)cc1. The summed E-state index contributed by atoms with van der Waals surface area (Å²) in [6.45, 7) is 6.12. The van der Waals surface area contributed by atoms with E-state index in [1.807, 2.05) is 67.8 Å². The van der Waals surface area contributed by atoms with Gasteiger partial charge in [-0.3, -0.25) is 14.7 Å². The molecule has 1 aromatic heterocycles. The first kappa shape index (κ1) is 23.6. The normalized spacial score (nSPS) is 10.8. The van der Waals surface area contributed by atoms with Crippen molar-refractivity contribution < 1.29 is 14.3 Å². The molecule has 0 saturated carbocycles. The number of amides is 3. The zero-order valence-corrected chi connectivity index (χ0v) is 19.5. The van der Waals surface area contributed by atoms with Gasteiger partial charge in [0.05, 0.1) is 17.4 Å². The third kappa shape index (κ3) is 6.02. The highest BCUT2D eigenvalue weighted by molar-refractivity contribution is 7.99. The van der Waals surface area contributed by atoms with E-state index < -0.39 is 11.9 Å². The fourth-order valence-corrected chi connectivity index (χ4v) is 3.83. The van der Waals surface area contributed by atoms with E-state index in [2.05, 4.69) is 20.8 Å². The molecular formula is C22H24ClN5O3S. The molecule has 0 spiro atoms. The van der Waals surface area contributed by atoms with Crippen LogP contribution in [0.3, 0.4) is 0 Å². The largest absolute Gasteiger partial charge is 0.494 e. The Morgan fingerprint density at radius 2 is 1.84 bits per heavy atom. The zero-order valence-electron chi connectivity index (χ0n) is 18.0. The second-order valence-electron chi connectivity index (χ2n) is 7.01. The van der Waals surface area contributed by atoms with Crippen LogP contribution in [0.5, 0.6) is 5.75 Å². The Bertz CT molecular complexity index is 1090. The van der Waals surface area contributed by atoms with Crippen molar-refractivity contribution in [2.75, 3.05) is 12.4 Å². The highest BCUT2D eigenvalue weighted by Crippen LogP contribution is 2.32. The van der Waals surface area contributed by atoms with Gasteiger partial charge < -0.3 is 10.1 Å². The molecule has 0 fully saturated rings. The number of rotatable bonds is 8. The van der Waals surface area contributed by atoms with Gasteiger partial charge in [0.2, 0.25) is 5.91 Å². The van der Waals surface area contributed by atoms with Crippen LogP contribution >= 0.6 is 23.4 Å². The molecule has 0 aliphatic heterocycles. The third-order valence-corrected chi connectivity index (χ3v) is 5.42. The molecular weight excluding hydrogens is 450 g/mol. The predicted molar refractivity (Wildman–Crippen MR) is 126 cm³/mol. The number of halogens is 1. The fourth-order valence-electron chi connectivity index (χ4n) is 2.86. The van der Waals surface area contributed by atoms with Gasteiger partial charge in [-0.25, -0.2) is 4.79 Å². The lowest BCUT2D eigenvalue weighted by Crippen LogP contribution is -2.43. The van der Waals surface area contributed by atoms with Crippen molar-refractivity contribution >= 4 is 35.3 Å². The molecule has 0 saturated heterocycles. The first-order valence-corrected chi connectivity index (χ1v) is 11.4. The number of carbonyl (C=O) groups excluding carboxylic acids is 2. The lowest BCUT2D eigenvalue weighted by molar-refractivity contribution is -0.117. The summed E-state index contributed by atoms with van der Waals surface area (Å²) in [5, 5.41) is 14.5. The number of thioether (sulfide) groups is 1. The van der Waals surface area contributed by atoms with Gasteiger partial charge in [0.1, 0.15) is 5.75 Å². The molecule has 0 radical (unpaired) electrons. The van der Waals surface area contributed by atoms with Crippen molar-refractivity contribution in [3.63, 3.8) is 0 Å². The summed E-state index contributed by atoms with van der Waals surface area (Å²) in [7, 11) is 0. The summed E-state index contributed by atoms with van der Waals surface area (Å²) in [5.74, 6) is 0.839. The molecule has 1 heterocycles. The van der Waals surface area contributed by atoms with Gasteiger partial charge in [0.25, 0.3) is 0 Å². The van der Waals surface area contributed by atoms with E-state index in [9.17, 15) is 9.59 Å². The number of benzene rings is 2. The number of nitrogens with zero attached hydrogens (tertiary/aromatic N) is 3. The topological polar surface area (TPSA) is 98.1 Å². The number of carbonyl (C=O) groups is 2. The number of ether oxygens (including phenoxy) is 1. The van der Waals surface area contributed by atoms with Crippen LogP contribution in [0.1, 0.15) is 20.8 Å². The molecule has 168 valence electrons. The maximum Gasteiger partial charge on any atom is 0.321 e. The average molecular weight is 474 g/mol. The van der Waals surface area contributed by atoms with Crippen molar-refractivity contribution in [1.82, 2.24) is 25.4 Å². The van der Waals surface area contributed by atoms with Gasteiger partial charge in [-0.15, -0.1) is 10.2 Å². The number of hydrogen-bond donors (Lipinski definition) is 2. The Morgan fingerprint density at radius 1 is 1.12 bits per heavy atom. The van der Waals surface area contributed by atoms with Gasteiger partial charge in [-0.05, 0) is 57.2 Å². The number of nitrogens with one attached hydrogen (secondary N) is 2.